The Kier molecular flexibility index (Phi) is 5.58. The largest absolute Gasteiger partial charge is 0.385 e. The number of nitrogens with zero attached hydrogens (tertiary/aromatic N) is 3. The molecule has 156 valence electrons. The van der Waals surface area contributed by atoms with Crippen LogP contribution in [0.2, 0.25) is 0 Å². The van der Waals surface area contributed by atoms with Gasteiger partial charge in [-0.3, -0.25) is 14.5 Å². The average Bonchev–Trinajstić information content (AvgIpc) is 3.13. The van der Waals surface area contributed by atoms with Crippen molar-refractivity contribution >= 4 is 23.5 Å². The fraction of sp³-hybridized carbons (Fsp3) is 0.591. The molecule has 0 N–H and O–H groups in total. The Morgan fingerprint density at radius 3 is 2.66 bits per heavy atom. The van der Waals surface area contributed by atoms with Crippen molar-refractivity contribution in [2.24, 2.45) is 5.41 Å². The molecular weight excluding hydrogens is 370 g/mol. The van der Waals surface area contributed by atoms with Gasteiger partial charge in [-0.2, -0.15) is 0 Å². The smallest absolute Gasteiger partial charge is 0.327 e. The summed E-state index contributed by atoms with van der Waals surface area (Å²) < 4.78 is 5.25. The molecule has 2 aliphatic heterocycles. The van der Waals surface area contributed by atoms with Crippen molar-refractivity contribution in [3.63, 3.8) is 0 Å². The topological polar surface area (TPSA) is 70.2 Å². The lowest BCUT2D eigenvalue weighted by atomic mass is 9.66. The predicted molar refractivity (Wildman–Crippen MR) is 109 cm³/mol. The highest BCUT2D eigenvalue weighted by atomic mass is 16.5. The van der Waals surface area contributed by atoms with Crippen LogP contribution in [0, 0.1) is 5.41 Å². The van der Waals surface area contributed by atoms with Crippen LogP contribution in [0.1, 0.15) is 37.7 Å². The van der Waals surface area contributed by atoms with E-state index in [2.05, 4.69) is 0 Å². The SMILES string of the molecule is COCCC1(CN2CCC(=O)N(CC(=O)N3CCc4ccccc43)C2=O)CCC1. The summed E-state index contributed by atoms with van der Waals surface area (Å²) in [6.07, 6.45) is 5.33. The number of hydrogen-bond acceptors (Lipinski definition) is 4. The number of hydrogen-bond donors (Lipinski definition) is 0. The van der Waals surface area contributed by atoms with Crippen LogP contribution in [0.25, 0.3) is 0 Å². The second-order valence-corrected chi connectivity index (χ2v) is 8.45. The molecule has 0 unspecified atom stereocenters. The van der Waals surface area contributed by atoms with Gasteiger partial charge >= 0.3 is 6.03 Å². The molecule has 0 radical (unpaired) electrons. The molecule has 7 nitrogen and oxygen atoms in total. The van der Waals surface area contributed by atoms with Crippen LogP contribution in [-0.2, 0) is 20.7 Å². The van der Waals surface area contributed by atoms with E-state index in [4.69, 9.17) is 4.74 Å². The van der Waals surface area contributed by atoms with E-state index in [0.717, 1.165) is 41.8 Å². The zero-order chi connectivity index (χ0) is 20.4. The second-order valence-electron chi connectivity index (χ2n) is 8.45. The fourth-order valence-corrected chi connectivity index (χ4v) is 4.75. The number of anilines is 1. The van der Waals surface area contributed by atoms with Gasteiger partial charge in [-0.1, -0.05) is 24.6 Å². The van der Waals surface area contributed by atoms with Gasteiger partial charge in [0, 0.05) is 45.5 Å². The number of fused-ring (bicyclic) bond motifs is 1. The number of carbonyl (C=O) groups is 3. The number of benzene rings is 1. The number of urea groups is 1. The number of methoxy groups -OCH3 is 1. The highest BCUT2D eigenvalue weighted by molar-refractivity contribution is 6.04. The maximum absolute atomic E-state index is 13.1. The third-order valence-corrected chi connectivity index (χ3v) is 6.66. The third kappa shape index (κ3) is 3.88. The van der Waals surface area contributed by atoms with Gasteiger partial charge in [0.15, 0.2) is 0 Å². The van der Waals surface area contributed by atoms with Crippen molar-refractivity contribution in [2.75, 3.05) is 44.8 Å². The van der Waals surface area contributed by atoms with E-state index in [1.165, 1.54) is 6.42 Å². The number of imide groups is 1. The monoisotopic (exact) mass is 399 g/mol. The van der Waals surface area contributed by atoms with E-state index < -0.39 is 0 Å². The Morgan fingerprint density at radius 1 is 1.14 bits per heavy atom. The average molecular weight is 399 g/mol. The minimum Gasteiger partial charge on any atom is -0.385 e. The lowest BCUT2D eigenvalue weighted by Crippen LogP contribution is -2.58. The summed E-state index contributed by atoms with van der Waals surface area (Å²) in [5.41, 5.74) is 2.11. The molecule has 4 rings (SSSR count). The van der Waals surface area contributed by atoms with Crippen LogP contribution in [0.5, 0.6) is 0 Å². The van der Waals surface area contributed by atoms with E-state index in [9.17, 15) is 14.4 Å². The Labute approximate surface area is 171 Å². The van der Waals surface area contributed by atoms with Gasteiger partial charge in [0.05, 0.1) is 0 Å². The lowest BCUT2D eigenvalue weighted by Gasteiger charge is -2.47. The molecule has 0 bridgehead atoms. The van der Waals surface area contributed by atoms with Gasteiger partial charge in [0.2, 0.25) is 11.8 Å². The molecule has 1 aromatic carbocycles. The zero-order valence-electron chi connectivity index (χ0n) is 17.1. The summed E-state index contributed by atoms with van der Waals surface area (Å²) in [7, 11) is 1.70. The lowest BCUT2D eigenvalue weighted by molar-refractivity contribution is -0.135. The predicted octanol–water partition coefficient (Wildman–Crippen LogP) is 2.44. The minimum atomic E-state index is -0.328. The first-order chi connectivity index (χ1) is 14.0. The number of para-hydroxylation sites is 1. The van der Waals surface area contributed by atoms with Gasteiger partial charge in [-0.15, -0.1) is 0 Å². The van der Waals surface area contributed by atoms with Crippen LogP contribution in [0.3, 0.4) is 0 Å². The molecule has 0 spiro atoms. The number of ether oxygens (including phenoxy) is 1. The highest BCUT2D eigenvalue weighted by Crippen LogP contribution is 2.45. The van der Waals surface area contributed by atoms with Crippen LogP contribution in [-0.4, -0.2) is 67.5 Å². The summed E-state index contributed by atoms with van der Waals surface area (Å²) in [5.74, 6) is -0.456. The molecule has 1 aliphatic carbocycles. The molecule has 3 aliphatic rings. The summed E-state index contributed by atoms with van der Waals surface area (Å²) in [5, 5.41) is 0. The van der Waals surface area contributed by atoms with Crippen LogP contribution in [0.15, 0.2) is 24.3 Å². The molecular formula is C22H29N3O4. The molecule has 2 heterocycles. The molecule has 4 amide bonds. The van der Waals surface area contributed by atoms with Crippen molar-refractivity contribution in [1.29, 1.82) is 0 Å². The van der Waals surface area contributed by atoms with Crippen molar-refractivity contribution in [3.8, 4) is 0 Å². The molecule has 0 atom stereocenters. The van der Waals surface area contributed by atoms with Gasteiger partial charge in [0.25, 0.3) is 0 Å². The third-order valence-electron chi connectivity index (χ3n) is 6.66. The van der Waals surface area contributed by atoms with Gasteiger partial charge < -0.3 is 14.5 Å². The van der Waals surface area contributed by atoms with Gasteiger partial charge in [-0.05, 0) is 42.7 Å². The molecule has 29 heavy (non-hydrogen) atoms. The van der Waals surface area contributed by atoms with E-state index in [1.807, 2.05) is 24.3 Å². The molecule has 1 saturated carbocycles. The minimum absolute atomic E-state index is 0.0929. The maximum Gasteiger partial charge on any atom is 0.327 e. The quantitative estimate of drug-likeness (QED) is 0.706. The summed E-state index contributed by atoms with van der Waals surface area (Å²) in [6, 6.07) is 7.47. The van der Waals surface area contributed by atoms with E-state index in [0.29, 0.717) is 26.2 Å². The van der Waals surface area contributed by atoms with Crippen LogP contribution in [0.4, 0.5) is 10.5 Å². The molecule has 2 fully saturated rings. The Morgan fingerprint density at radius 2 is 1.93 bits per heavy atom. The second kappa shape index (κ2) is 8.14. The first-order valence-electron chi connectivity index (χ1n) is 10.5. The van der Waals surface area contributed by atoms with Crippen molar-refractivity contribution in [1.82, 2.24) is 9.80 Å². The molecule has 0 aromatic heterocycles. The number of carbonyl (C=O) groups excluding carboxylic acids is 3. The first kappa shape index (κ1) is 19.9. The summed E-state index contributed by atoms with van der Waals surface area (Å²) in [4.78, 5) is 43.0. The standard InChI is InChI=1S/C22H29N3O4/c1-29-14-11-22(9-4-10-22)16-23-12-8-19(26)25(21(23)28)15-20(27)24-13-7-17-5-2-3-6-18(17)24/h2-3,5-6H,4,7-16H2,1H3. The van der Waals surface area contributed by atoms with E-state index in [-0.39, 0.29) is 36.2 Å². The number of amides is 4. The molecule has 1 saturated heterocycles. The zero-order valence-corrected chi connectivity index (χ0v) is 17.1. The summed E-state index contributed by atoms with van der Waals surface area (Å²) in [6.45, 7) is 2.16. The Balaban J connectivity index is 1.42. The fourth-order valence-electron chi connectivity index (χ4n) is 4.75. The highest BCUT2D eigenvalue weighted by Gasteiger charge is 2.42. The Bertz CT molecular complexity index is 805. The van der Waals surface area contributed by atoms with Gasteiger partial charge in [0.1, 0.15) is 6.54 Å². The van der Waals surface area contributed by atoms with Crippen LogP contribution >= 0.6 is 0 Å². The van der Waals surface area contributed by atoms with Crippen molar-refractivity contribution in [3.05, 3.63) is 29.8 Å². The normalized spacial score (nSPS) is 20.7. The van der Waals surface area contributed by atoms with Crippen LogP contribution < -0.4 is 4.90 Å². The molecule has 7 heteroatoms. The summed E-state index contributed by atoms with van der Waals surface area (Å²) >= 11 is 0. The van der Waals surface area contributed by atoms with Crippen molar-refractivity contribution < 1.29 is 19.1 Å². The van der Waals surface area contributed by atoms with Gasteiger partial charge in [-0.25, -0.2) is 4.79 Å². The van der Waals surface area contributed by atoms with Crippen molar-refractivity contribution in [2.45, 2.75) is 38.5 Å². The first-order valence-corrected chi connectivity index (χ1v) is 10.5. The van der Waals surface area contributed by atoms with E-state index >= 15 is 0 Å². The molecule has 1 aromatic rings. The number of rotatable bonds is 7. The van der Waals surface area contributed by atoms with E-state index in [1.54, 1.807) is 16.9 Å². The Hall–Kier alpha value is -2.41. The maximum atomic E-state index is 13.1.